The summed E-state index contributed by atoms with van der Waals surface area (Å²) in [4.78, 5) is 10.5. The SMILES string of the molecule is CC(Nc1ccc(C(=O)O)o1)C1CC1. The van der Waals surface area contributed by atoms with Crippen LogP contribution in [0.15, 0.2) is 16.5 Å². The first-order valence-corrected chi connectivity index (χ1v) is 4.76. The van der Waals surface area contributed by atoms with Crippen molar-refractivity contribution in [3.63, 3.8) is 0 Å². The highest BCUT2D eigenvalue weighted by Gasteiger charge is 2.28. The summed E-state index contributed by atoms with van der Waals surface area (Å²) in [6, 6.07) is 3.48. The average Bonchev–Trinajstić information content (AvgIpc) is 2.87. The molecule has 1 aromatic heterocycles. The molecular weight excluding hydrogens is 182 g/mol. The van der Waals surface area contributed by atoms with Gasteiger partial charge in [-0.15, -0.1) is 0 Å². The van der Waals surface area contributed by atoms with Crippen molar-refractivity contribution in [2.24, 2.45) is 5.92 Å². The van der Waals surface area contributed by atoms with Crippen molar-refractivity contribution in [1.29, 1.82) is 0 Å². The fraction of sp³-hybridized carbons (Fsp3) is 0.500. The molecule has 76 valence electrons. The van der Waals surface area contributed by atoms with Crippen LogP contribution in [-0.2, 0) is 0 Å². The van der Waals surface area contributed by atoms with Gasteiger partial charge in [-0.3, -0.25) is 0 Å². The molecule has 1 aliphatic carbocycles. The first-order chi connectivity index (χ1) is 6.66. The minimum absolute atomic E-state index is 0.0181. The minimum Gasteiger partial charge on any atom is -0.475 e. The summed E-state index contributed by atoms with van der Waals surface area (Å²) < 4.78 is 5.08. The second kappa shape index (κ2) is 3.36. The zero-order valence-corrected chi connectivity index (χ0v) is 7.99. The molecule has 4 heteroatoms. The quantitative estimate of drug-likeness (QED) is 0.773. The molecule has 0 radical (unpaired) electrons. The van der Waals surface area contributed by atoms with E-state index in [1.54, 1.807) is 6.07 Å². The van der Waals surface area contributed by atoms with E-state index in [2.05, 4.69) is 12.2 Å². The summed E-state index contributed by atoms with van der Waals surface area (Å²) in [7, 11) is 0. The maximum absolute atomic E-state index is 10.5. The molecule has 14 heavy (non-hydrogen) atoms. The second-order valence-corrected chi connectivity index (χ2v) is 3.74. The van der Waals surface area contributed by atoms with Crippen molar-refractivity contribution in [2.75, 3.05) is 5.32 Å². The molecule has 0 bridgehead atoms. The number of nitrogens with one attached hydrogen (secondary N) is 1. The van der Waals surface area contributed by atoms with E-state index in [0.29, 0.717) is 17.8 Å². The lowest BCUT2D eigenvalue weighted by atomic mass is 10.2. The molecule has 1 heterocycles. The molecule has 4 nitrogen and oxygen atoms in total. The van der Waals surface area contributed by atoms with Crippen molar-refractivity contribution < 1.29 is 14.3 Å². The molecule has 1 unspecified atom stereocenters. The summed E-state index contributed by atoms with van der Waals surface area (Å²) in [6.45, 7) is 2.08. The van der Waals surface area contributed by atoms with E-state index >= 15 is 0 Å². The van der Waals surface area contributed by atoms with Crippen LogP contribution in [0.1, 0.15) is 30.3 Å². The van der Waals surface area contributed by atoms with Gasteiger partial charge in [0, 0.05) is 12.1 Å². The molecule has 2 N–H and O–H groups in total. The topological polar surface area (TPSA) is 62.5 Å². The monoisotopic (exact) mass is 195 g/mol. The Labute approximate surface area is 81.9 Å². The van der Waals surface area contributed by atoms with Gasteiger partial charge in [-0.25, -0.2) is 4.79 Å². The summed E-state index contributed by atoms with van der Waals surface area (Å²) in [5.74, 6) is 0.211. The molecular formula is C10H13NO3. The highest BCUT2D eigenvalue weighted by Crippen LogP contribution is 2.34. The van der Waals surface area contributed by atoms with E-state index < -0.39 is 5.97 Å². The molecule has 1 aliphatic rings. The predicted molar refractivity (Wildman–Crippen MR) is 51.5 cm³/mol. The van der Waals surface area contributed by atoms with E-state index in [-0.39, 0.29) is 5.76 Å². The Morgan fingerprint density at radius 3 is 2.86 bits per heavy atom. The number of carbonyl (C=O) groups is 1. The van der Waals surface area contributed by atoms with Gasteiger partial charge in [-0.1, -0.05) is 0 Å². The van der Waals surface area contributed by atoms with Gasteiger partial charge in [-0.2, -0.15) is 0 Å². The normalized spacial score (nSPS) is 17.8. The summed E-state index contributed by atoms with van der Waals surface area (Å²) in [5.41, 5.74) is 0. The third-order valence-electron chi connectivity index (χ3n) is 2.52. The van der Waals surface area contributed by atoms with E-state index in [9.17, 15) is 4.79 Å². The van der Waals surface area contributed by atoms with Crippen molar-refractivity contribution >= 4 is 11.9 Å². The number of anilines is 1. The van der Waals surface area contributed by atoms with Crippen LogP contribution in [0.25, 0.3) is 0 Å². The standard InChI is InChI=1S/C10H13NO3/c1-6(7-2-3-7)11-9-5-4-8(14-9)10(12)13/h4-7,11H,2-3H2,1H3,(H,12,13). The van der Waals surface area contributed by atoms with Crippen molar-refractivity contribution in [3.05, 3.63) is 17.9 Å². The molecule has 1 aromatic rings. The van der Waals surface area contributed by atoms with Crippen LogP contribution in [0.2, 0.25) is 0 Å². The van der Waals surface area contributed by atoms with E-state index in [4.69, 9.17) is 9.52 Å². The van der Waals surface area contributed by atoms with E-state index in [0.717, 1.165) is 0 Å². The summed E-state index contributed by atoms with van der Waals surface area (Å²) in [6.07, 6.45) is 2.50. The second-order valence-electron chi connectivity index (χ2n) is 3.74. The largest absolute Gasteiger partial charge is 0.475 e. The summed E-state index contributed by atoms with van der Waals surface area (Å²) in [5, 5.41) is 11.8. The zero-order valence-electron chi connectivity index (χ0n) is 7.99. The van der Waals surface area contributed by atoms with Gasteiger partial charge in [0.05, 0.1) is 0 Å². The molecule has 0 aliphatic heterocycles. The van der Waals surface area contributed by atoms with E-state index in [1.165, 1.54) is 18.9 Å². The van der Waals surface area contributed by atoms with Crippen molar-refractivity contribution in [2.45, 2.75) is 25.8 Å². The molecule has 1 saturated carbocycles. The average molecular weight is 195 g/mol. The lowest BCUT2D eigenvalue weighted by Crippen LogP contribution is -2.16. The van der Waals surface area contributed by atoms with Crippen molar-refractivity contribution in [1.82, 2.24) is 0 Å². The third kappa shape index (κ3) is 1.89. The van der Waals surface area contributed by atoms with Gasteiger partial charge in [-0.05, 0) is 31.7 Å². The number of hydrogen-bond acceptors (Lipinski definition) is 3. The maximum atomic E-state index is 10.5. The van der Waals surface area contributed by atoms with Crippen LogP contribution in [0.5, 0.6) is 0 Å². The van der Waals surface area contributed by atoms with Crippen molar-refractivity contribution in [3.8, 4) is 0 Å². The number of hydrogen-bond donors (Lipinski definition) is 2. The Kier molecular flexibility index (Phi) is 2.19. The fourth-order valence-corrected chi connectivity index (χ4v) is 1.47. The van der Waals surface area contributed by atoms with Gasteiger partial charge in [0.1, 0.15) is 0 Å². The number of carboxylic acid groups (broad SMARTS) is 1. The smallest absolute Gasteiger partial charge is 0.371 e. The highest BCUT2D eigenvalue weighted by atomic mass is 16.4. The first kappa shape index (κ1) is 9.12. The third-order valence-corrected chi connectivity index (χ3v) is 2.52. The van der Waals surface area contributed by atoms with Gasteiger partial charge in [0.2, 0.25) is 5.76 Å². The van der Waals surface area contributed by atoms with E-state index in [1.807, 2.05) is 0 Å². The zero-order chi connectivity index (χ0) is 10.1. The van der Waals surface area contributed by atoms with Gasteiger partial charge in [0.25, 0.3) is 0 Å². The number of furan rings is 1. The van der Waals surface area contributed by atoms with Crippen LogP contribution in [-0.4, -0.2) is 17.1 Å². The van der Waals surface area contributed by atoms with Gasteiger partial charge in [0.15, 0.2) is 5.88 Å². The fourth-order valence-electron chi connectivity index (χ4n) is 1.47. The Balaban J connectivity index is 1.98. The molecule has 0 aromatic carbocycles. The number of aromatic carboxylic acids is 1. The Morgan fingerprint density at radius 1 is 1.64 bits per heavy atom. The van der Waals surface area contributed by atoms with Crippen LogP contribution in [0.3, 0.4) is 0 Å². The summed E-state index contributed by atoms with van der Waals surface area (Å²) >= 11 is 0. The van der Waals surface area contributed by atoms with Crippen LogP contribution in [0, 0.1) is 5.92 Å². The minimum atomic E-state index is -1.03. The molecule has 0 spiro atoms. The Bertz CT molecular complexity index is 341. The Morgan fingerprint density at radius 2 is 2.36 bits per heavy atom. The predicted octanol–water partition coefficient (Wildman–Crippen LogP) is 2.19. The van der Waals surface area contributed by atoms with Gasteiger partial charge >= 0.3 is 5.97 Å². The van der Waals surface area contributed by atoms with Crippen LogP contribution >= 0.6 is 0 Å². The molecule has 2 rings (SSSR count). The first-order valence-electron chi connectivity index (χ1n) is 4.76. The molecule has 1 atom stereocenters. The molecule has 0 amide bonds. The molecule has 0 saturated heterocycles. The van der Waals surface area contributed by atoms with Gasteiger partial charge < -0.3 is 14.8 Å². The maximum Gasteiger partial charge on any atom is 0.371 e. The lowest BCUT2D eigenvalue weighted by Gasteiger charge is -2.10. The number of rotatable bonds is 4. The molecule has 1 fully saturated rings. The van der Waals surface area contributed by atoms with Crippen LogP contribution < -0.4 is 5.32 Å². The highest BCUT2D eigenvalue weighted by molar-refractivity contribution is 5.84. The number of carboxylic acids is 1. The lowest BCUT2D eigenvalue weighted by molar-refractivity contribution is 0.0663. The van der Waals surface area contributed by atoms with Crippen LogP contribution in [0.4, 0.5) is 5.88 Å². The Hall–Kier alpha value is -1.45.